The molecule has 7 heteroatoms. The maximum absolute atomic E-state index is 9.94. The molecule has 0 amide bonds. The number of rotatable bonds is 2. The molecule has 0 aliphatic carbocycles. The van der Waals surface area contributed by atoms with Gasteiger partial charge < -0.3 is 9.29 Å². The number of carbonyl (C=O) groups is 1. The Hall–Kier alpha value is -1.37. The Morgan fingerprint density at radius 1 is 1.55 bits per heavy atom. The van der Waals surface area contributed by atoms with Gasteiger partial charge in [0.15, 0.2) is 12.0 Å². The Bertz CT molecular complexity index is 242. The maximum Gasteiger partial charge on any atom is 0.404 e. The fourth-order valence-electron chi connectivity index (χ4n) is 0.345. The molecule has 0 saturated carbocycles. The van der Waals surface area contributed by atoms with Crippen LogP contribution < -0.4 is 4.18 Å². The molecule has 0 fully saturated rings. The lowest BCUT2D eigenvalue weighted by Gasteiger charge is -1.94. The monoisotopic (exact) mass is 173 g/mol. The fourth-order valence-corrected chi connectivity index (χ4v) is 0.576. The predicted molar refractivity (Wildman–Crippen MR) is 36.1 cm³/mol. The van der Waals surface area contributed by atoms with Gasteiger partial charge in [0.05, 0.1) is 0 Å². The zero-order valence-electron chi connectivity index (χ0n) is 5.17. The smallest absolute Gasteiger partial charge is 0.404 e. The average molecular weight is 173 g/mol. The van der Waals surface area contributed by atoms with Crippen LogP contribution in [0.1, 0.15) is 0 Å². The zero-order chi connectivity index (χ0) is 8.10. The summed E-state index contributed by atoms with van der Waals surface area (Å²) in [7, 11) is 0. The van der Waals surface area contributed by atoms with Crippen molar-refractivity contribution in [1.29, 1.82) is 0 Å². The van der Waals surface area contributed by atoms with Crippen molar-refractivity contribution in [2.75, 3.05) is 0 Å². The Balaban J connectivity index is 2.45. The normalized spacial score (nSPS) is 9.09. The van der Waals surface area contributed by atoms with E-state index in [-0.39, 0.29) is 18.1 Å². The van der Waals surface area contributed by atoms with Crippen molar-refractivity contribution < 1.29 is 14.1 Å². The summed E-state index contributed by atoms with van der Waals surface area (Å²) in [6, 6.07) is -0.0209. The molecule has 0 saturated heterocycles. The predicted octanol–water partition coefficient (Wildman–Crippen LogP) is 0.577. The van der Waals surface area contributed by atoms with Gasteiger partial charge in [0.1, 0.15) is 12.7 Å². The SMILES string of the molecule is O=C(O)SOc1ncncn1. The van der Waals surface area contributed by atoms with Crippen molar-refractivity contribution >= 4 is 17.3 Å². The molecule has 0 atom stereocenters. The van der Waals surface area contributed by atoms with Gasteiger partial charge >= 0.3 is 11.3 Å². The molecule has 1 aromatic rings. The van der Waals surface area contributed by atoms with Crippen LogP contribution in [-0.4, -0.2) is 25.4 Å². The second-order valence-electron chi connectivity index (χ2n) is 1.35. The van der Waals surface area contributed by atoms with Crippen molar-refractivity contribution in [3.63, 3.8) is 0 Å². The summed E-state index contributed by atoms with van der Waals surface area (Å²) < 4.78 is 4.52. The van der Waals surface area contributed by atoms with E-state index in [1.807, 2.05) is 0 Å². The third kappa shape index (κ3) is 2.80. The molecule has 6 nitrogen and oxygen atoms in total. The van der Waals surface area contributed by atoms with Gasteiger partial charge in [0.2, 0.25) is 0 Å². The largest absolute Gasteiger partial charge is 0.471 e. The highest BCUT2D eigenvalue weighted by molar-refractivity contribution is 8.09. The molecular formula is C4H3N3O3S. The summed E-state index contributed by atoms with van der Waals surface area (Å²) >= 11 is 0.248. The number of aromatic nitrogens is 3. The minimum absolute atomic E-state index is 0.0209. The van der Waals surface area contributed by atoms with Crippen LogP contribution in [0, 0.1) is 0 Å². The quantitative estimate of drug-likeness (QED) is 0.654. The summed E-state index contributed by atoms with van der Waals surface area (Å²) in [5, 5.41) is 6.99. The fraction of sp³-hybridized carbons (Fsp3) is 0. The highest BCUT2D eigenvalue weighted by Crippen LogP contribution is 2.07. The van der Waals surface area contributed by atoms with Crippen LogP contribution in [0.25, 0.3) is 0 Å². The van der Waals surface area contributed by atoms with Crippen molar-refractivity contribution in [3.8, 4) is 6.01 Å². The molecule has 0 aliphatic rings. The van der Waals surface area contributed by atoms with E-state index in [9.17, 15) is 4.79 Å². The molecule has 0 aliphatic heterocycles. The number of hydrogen-bond acceptors (Lipinski definition) is 6. The zero-order valence-corrected chi connectivity index (χ0v) is 5.98. The van der Waals surface area contributed by atoms with Crippen molar-refractivity contribution in [2.24, 2.45) is 0 Å². The molecule has 0 aromatic carbocycles. The van der Waals surface area contributed by atoms with E-state index < -0.39 is 5.30 Å². The third-order valence-corrected chi connectivity index (χ3v) is 1.03. The van der Waals surface area contributed by atoms with Crippen LogP contribution in [-0.2, 0) is 0 Å². The average Bonchev–Trinajstić information content (AvgIpc) is 2.03. The number of hydrogen-bond donors (Lipinski definition) is 1. The first-order chi connectivity index (χ1) is 5.29. The highest BCUT2D eigenvalue weighted by Gasteiger charge is 2.01. The van der Waals surface area contributed by atoms with Gasteiger partial charge in [-0.2, -0.15) is 9.97 Å². The van der Waals surface area contributed by atoms with Crippen molar-refractivity contribution in [2.45, 2.75) is 0 Å². The van der Waals surface area contributed by atoms with E-state index in [0.717, 1.165) is 0 Å². The Morgan fingerprint density at radius 3 is 2.73 bits per heavy atom. The van der Waals surface area contributed by atoms with Crippen LogP contribution in [0.15, 0.2) is 12.7 Å². The molecule has 0 unspecified atom stereocenters. The Morgan fingerprint density at radius 2 is 2.18 bits per heavy atom. The highest BCUT2D eigenvalue weighted by atomic mass is 32.2. The topological polar surface area (TPSA) is 85.2 Å². The van der Waals surface area contributed by atoms with Crippen LogP contribution in [0.3, 0.4) is 0 Å². The summed E-state index contributed by atoms with van der Waals surface area (Å²) in [5.74, 6) is 0. The second kappa shape index (κ2) is 3.71. The number of nitrogens with zero attached hydrogens (tertiary/aromatic N) is 3. The van der Waals surface area contributed by atoms with E-state index in [2.05, 4.69) is 19.1 Å². The molecule has 0 bridgehead atoms. The minimum Gasteiger partial charge on any atom is -0.471 e. The van der Waals surface area contributed by atoms with Crippen molar-refractivity contribution in [3.05, 3.63) is 12.7 Å². The van der Waals surface area contributed by atoms with Gasteiger partial charge in [-0.15, -0.1) is 0 Å². The van der Waals surface area contributed by atoms with Crippen LogP contribution >= 0.6 is 12.0 Å². The van der Waals surface area contributed by atoms with Gasteiger partial charge in [-0.3, -0.25) is 0 Å². The van der Waals surface area contributed by atoms with Crippen molar-refractivity contribution in [1.82, 2.24) is 15.0 Å². The maximum atomic E-state index is 9.94. The molecule has 58 valence electrons. The van der Waals surface area contributed by atoms with Gasteiger partial charge in [-0.05, 0) is 0 Å². The van der Waals surface area contributed by atoms with Gasteiger partial charge in [-0.1, -0.05) is 0 Å². The molecule has 1 rings (SSSR count). The molecule has 0 radical (unpaired) electrons. The summed E-state index contributed by atoms with van der Waals surface area (Å²) in [6.45, 7) is 0. The Kier molecular flexibility index (Phi) is 2.61. The molecule has 1 N–H and O–H groups in total. The van der Waals surface area contributed by atoms with Crippen LogP contribution in [0.5, 0.6) is 6.01 Å². The third-order valence-electron chi connectivity index (χ3n) is 0.657. The summed E-state index contributed by atoms with van der Waals surface area (Å²) in [5.41, 5.74) is 0. The van der Waals surface area contributed by atoms with E-state index in [1.165, 1.54) is 12.7 Å². The summed E-state index contributed by atoms with van der Waals surface area (Å²) in [6.07, 6.45) is 2.43. The molecule has 1 aromatic heterocycles. The first kappa shape index (κ1) is 7.73. The Labute approximate surface area is 65.9 Å². The first-order valence-corrected chi connectivity index (χ1v) is 3.22. The molecule has 11 heavy (non-hydrogen) atoms. The van der Waals surface area contributed by atoms with E-state index in [0.29, 0.717) is 0 Å². The lowest BCUT2D eigenvalue weighted by atomic mass is 11.0. The number of carboxylic acid groups (broad SMARTS) is 1. The summed E-state index contributed by atoms with van der Waals surface area (Å²) in [4.78, 5) is 20.5. The first-order valence-electron chi connectivity index (χ1n) is 2.48. The molecule has 0 spiro atoms. The van der Waals surface area contributed by atoms with Crippen LogP contribution in [0.4, 0.5) is 4.79 Å². The molecular weight excluding hydrogens is 170 g/mol. The van der Waals surface area contributed by atoms with E-state index >= 15 is 0 Å². The van der Waals surface area contributed by atoms with Crippen LogP contribution in [0.2, 0.25) is 0 Å². The lowest BCUT2D eigenvalue weighted by molar-refractivity contribution is 0.221. The second-order valence-corrected chi connectivity index (χ2v) is 2.04. The van der Waals surface area contributed by atoms with Gasteiger partial charge in [0.25, 0.3) is 0 Å². The minimum atomic E-state index is -1.15. The van der Waals surface area contributed by atoms with Gasteiger partial charge in [-0.25, -0.2) is 9.78 Å². The lowest BCUT2D eigenvalue weighted by Crippen LogP contribution is -1.93. The van der Waals surface area contributed by atoms with Gasteiger partial charge in [0, 0.05) is 0 Å². The standard InChI is InChI=1S/C4H3N3O3S/c8-4(9)11-10-3-6-1-5-2-7-3/h1-2H,(H,8,9). The molecule has 1 heterocycles. The van der Waals surface area contributed by atoms with E-state index in [4.69, 9.17) is 5.11 Å². The van der Waals surface area contributed by atoms with E-state index in [1.54, 1.807) is 0 Å².